The van der Waals surface area contributed by atoms with E-state index in [1.807, 2.05) is 24.3 Å². The number of likely N-dealkylation sites (N-methyl/N-ethyl adjacent to an activating group) is 1. The molecule has 1 aromatic rings. The quantitative estimate of drug-likeness (QED) is 0.637. The molecule has 92 valence electrons. The topological polar surface area (TPSA) is 40.6 Å². The van der Waals surface area contributed by atoms with Gasteiger partial charge in [-0.1, -0.05) is 24.1 Å². The molecular weight excluding hydrogens is 228 g/mol. The Balaban J connectivity index is 2.39. The number of rotatable bonds is 0. The monoisotopic (exact) mass is 242 g/mol. The van der Waals surface area contributed by atoms with Crippen LogP contribution in [-0.2, 0) is 16.1 Å². The molecule has 0 fully saturated rings. The summed E-state index contributed by atoms with van der Waals surface area (Å²) in [6.45, 7) is 2.09. The van der Waals surface area contributed by atoms with Gasteiger partial charge in [0.15, 0.2) is 0 Å². The zero-order chi connectivity index (χ0) is 13.1. The number of nitrogens with zero attached hydrogens (tertiary/aromatic N) is 2. The van der Waals surface area contributed by atoms with Crippen LogP contribution in [0.15, 0.2) is 24.3 Å². The minimum absolute atomic E-state index is 0.0681. The van der Waals surface area contributed by atoms with Crippen LogP contribution in [0.1, 0.15) is 12.5 Å². The fraction of sp³-hybridized carbons (Fsp3) is 0.286. The van der Waals surface area contributed by atoms with Gasteiger partial charge >= 0.3 is 0 Å². The Morgan fingerprint density at radius 2 is 2.00 bits per heavy atom. The van der Waals surface area contributed by atoms with Gasteiger partial charge in [-0.05, 0) is 24.5 Å². The predicted octanol–water partition coefficient (Wildman–Crippen LogP) is 1.01. The number of benzene rings is 1. The third-order valence-electron chi connectivity index (χ3n) is 2.93. The molecule has 0 atom stereocenters. The first-order valence-corrected chi connectivity index (χ1v) is 5.69. The molecule has 0 unspecified atom stereocenters. The summed E-state index contributed by atoms with van der Waals surface area (Å²) in [5, 5.41) is 0. The highest BCUT2D eigenvalue weighted by Crippen LogP contribution is 2.24. The Morgan fingerprint density at radius 1 is 1.28 bits per heavy atom. The second kappa shape index (κ2) is 4.92. The van der Waals surface area contributed by atoms with Crippen molar-refractivity contribution in [3.8, 4) is 11.8 Å². The van der Waals surface area contributed by atoms with E-state index >= 15 is 0 Å². The lowest BCUT2D eigenvalue weighted by molar-refractivity contribution is -0.130. The van der Waals surface area contributed by atoms with Crippen molar-refractivity contribution >= 4 is 17.5 Å². The van der Waals surface area contributed by atoms with Gasteiger partial charge in [0.05, 0.1) is 0 Å². The summed E-state index contributed by atoms with van der Waals surface area (Å²) in [6, 6.07) is 7.58. The van der Waals surface area contributed by atoms with Crippen LogP contribution in [0.3, 0.4) is 0 Å². The van der Waals surface area contributed by atoms with E-state index in [4.69, 9.17) is 0 Å². The van der Waals surface area contributed by atoms with Gasteiger partial charge in [-0.15, -0.1) is 0 Å². The Hall–Kier alpha value is -2.28. The summed E-state index contributed by atoms with van der Waals surface area (Å²) in [5.74, 6) is 4.63. The molecule has 2 amide bonds. The van der Waals surface area contributed by atoms with E-state index in [0.29, 0.717) is 6.54 Å². The van der Waals surface area contributed by atoms with E-state index in [-0.39, 0.29) is 18.4 Å². The fourth-order valence-corrected chi connectivity index (χ4v) is 1.97. The first-order chi connectivity index (χ1) is 8.63. The molecule has 4 nitrogen and oxygen atoms in total. The van der Waals surface area contributed by atoms with Crippen molar-refractivity contribution in [3.63, 3.8) is 0 Å². The summed E-state index contributed by atoms with van der Waals surface area (Å²) in [5.41, 5.74) is 1.80. The van der Waals surface area contributed by atoms with Gasteiger partial charge in [0.1, 0.15) is 6.54 Å². The first kappa shape index (κ1) is 12.2. The molecule has 0 radical (unpaired) electrons. The number of carbonyl (C=O) groups excluding carboxylic acids is 2. The molecule has 0 aromatic heterocycles. The van der Waals surface area contributed by atoms with Crippen LogP contribution in [0.4, 0.5) is 5.69 Å². The van der Waals surface area contributed by atoms with Crippen molar-refractivity contribution in [2.24, 2.45) is 0 Å². The van der Waals surface area contributed by atoms with Gasteiger partial charge in [-0.2, -0.15) is 0 Å². The maximum Gasteiger partial charge on any atom is 0.299 e. The van der Waals surface area contributed by atoms with E-state index < -0.39 is 0 Å². The van der Waals surface area contributed by atoms with Crippen LogP contribution in [0.5, 0.6) is 0 Å². The highest BCUT2D eigenvalue weighted by Gasteiger charge is 2.25. The predicted molar refractivity (Wildman–Crippen MR) is 68.7 cm³/mol. The third kappa shape index (κ3) is 2.21. The lowest BCUT2D eigenvalue weighted by atomic mass is 10.1. The molecule has 0 bridgehead atoms. The highest BCUT2D eigenvalue weighted by atomic mass is 16.2. The maximum atomic E-state index is 12.0. The number of hydrogen-bond acceptors (Lipinski definition) is 2. The lowest BCUT2D eigenvalue weighted by Crippen LogP contribution is -2.37. The SMILES string of the molecule is CC#CC(=O)N1CC(=O)N(C)c2ccccc2C1. The number of hydrogen-bond donors (Lipinski definition) is 0. The standard InChI is InChI=1S/C14H14N2O2/c1-3-6-13(17)16-9-11-7-4-5-8-12(11)15(2)14(18)10-16/h4-5,7-8H,9-10H2,1-2H3. The molecule has 0 aliphatic carbocycles. The molecule has 0 saturated carbocycles. The highest BCUT2D eigenvalue weighted by molar-refractivity contribution is 6.01. The van der Waals surface area contributed by atoms with Crippen LogP contribution < -0.4 is 4.90 Å². The molecular formula is C14H14N2O2. The molecule has 0 spiro atoms. The summed E-state index contributed by atoms with van der Waals surface area (Å²) in [7, 11) is 1.72. The van der Waals surface area contributed by atoms with E-state index in [0.717, 1.165) is 11.3 Å². The summed E-state index contributed by atoms with van der Waals surface area (Å²) in [6.07, 6.45) is 0. The minimum atomic E-state index is -0.309. The number of amides is 2. The largest absolute Gasteiger partial charge is 0.318 e. The zero-order valence-electron chi connectivity index (χ0n) is 10.4. The molecule has 18 heavy (non-hydrogen) atoms. The molecule has 1 heterocycles. The Kier molecular flexibility index (Phi) is 3.33. The van der Waals surface area contributed by atoms with Crippen molar-refractivity contribution in [3.05, 3.63) is 29.8 Å². The van der Waals surface area contributed by atoms with Crippen molar-refractivity contribution in [1.82, 2.24) is 4.90 Å². The molecule has 1 aliphatic rings. The van der Waals surface area contributed by atoms with Gasteiger partial charge in [0.25, 0.3) is 5.91 Å². The Labute approximate surface area is 106 Å². The Morgan fingerprint density at radius 3 is 2.72 bits per heavy atom. The fourth-order valence-electron chi connectivity index (χ4n) is 1.97. The van der Waals surface area contributed by atoms with E-state index in [1.54, 1.807) is 18.9 Å². The molecule has 1 aromatic carbocycles. The number of fused-ring (bicyclic) bond motifs is 1. The van der Waals surface area contributed by atoms with Crippen LogP contribution in [-0.4, -0.2) is 30.3 Å². The van der Waals surface area contributed by atoms with E-state index in [1.165, 1.54) is 4.90 Å². The van der Waals surface area contributed by atoms with Gasteiger partial charge in [-0.25, -0.2) is 0 Å². The van der Waals surface area contributed by atoms with Crippen LogP contribution in [0.25, 0.3) is 0 Å². The second-order valence-electron chi connectivity index (χ2n) is 4.12. The molecule has 0 saturated heterocycles. The minimum Gasteiger partial charge on any atom is -0.318 e. The normalized spacial score (nSPS) is 14.4. The van der Waals surface area contributed by atoms with E-state index in [9.17, 15) is 9.59 Å². The average Bonchev–Trinajstić information content (AvgIpc) is 2.49. The van der Waals surface area contributed by atoms with Gasteiger partial charge in [0, 0.05) is 19.3 Å². The van der Waals surface area contributed by atoms with E-state index in [2.05, 4.69) is 11.8 Å². The van der Waals surface area contributed by atoms with Crippen LogP contribution in [0, 0.1) is 11.8 Å². The summed E-state index contributed by atoms with van der Waals surface area (Å²) < 4.78 is 0. The van der Waals surface area contributed by atoms with Crippen molar-refractivity contribution in [2.75, 3.05) is 18.5 Å². The molecule has 0 N–H and O–H groups in total. The molecule has 4 heteroatoms. The molecule has 1 aliphatic heterocycles. The molecule has 2 rings (SSSR count). The summed E-state index contributed by atoms with van der Waals surface area (Å²) in [4.78, 5) is 26.8. The van der Waals surface area contributed by atoms with Crippen LogP contribution in [0.2, 0.25) is 0 Å². The Bertz CT molecular complexity index is 554. The maximum absolute atomic E-state index is 12.0. The first-order valence-electron chi connectivity index (χ1n) is 5.69. The van der Waals surface area contributed by atoms with Crippen LogP contribution >= 0.6 is 0 Å². The lowest BCUT2D eigenvalue weighted by Gasteiger charge is -2.17. The van der Waals surface area contributed by atoms with Gasteiger partial charge in [-0.3, -0.25) is 9.59 Å². The smallest absolute Gasteiger partial charge is 0.299 e. The number of carbonyl (C=O) groups is 2. The average molecular weight is 242 g/mol. The van der Waals surface area contributed by atoms with Crippen molar-refractivity contribution in [1.29, 1.82) is 0 Å². The number of anilines is 1. The summed E-state index contributed by atoms with van der Waals surface area (Å²) >= 11 is 0. The second-order valence-corrected chi connectivity index (χ2v) is 4.12. The van der Waals surface area contributed by atoms with Gasteiger partial charge in [0.2, 0.25) is 5.91 Å². The van der Waals surface area contributed by atoms with Crippen molar-refractivity contribution < 1.29 is 9.59 Å². The van der Waals surface area contributed by atoms with Crippen molar-refractivity contribution in [2.45, 2.75) is 13.5 Å². The number of para-hydroxylation sites is 1. The zero-order valence-corrected chi connectivity index (χ0v) is 10.4. The third-order valence-corrected chi connectivity index (χ3v) is 2.93. The van der Waals surface area contributed by atoms with Gasteiger partial charge < -0.3 is 9.80 Å².